The van der Waals surface area contributed by atoms with Crippen LogP contribution in [0.2, 0.25) is 4.34 Å². The Kier molecular flexibility index (Phi) is 3.21. The first-order chi connectivity index (χ1) is 10.2. The van der Waals surface area contributed by atoms with Gasteiger partial charge in [-0.2, -0.15) is 0 Å². The average molecular weight is 335 g/mol. The maximum absolute atomic E-state index is 12.7. The van der Waals surface area contributed by atoms with Crippen LogP contribution in [-0.2, 0) is 13.0 Å². The number of halogens is 1. The molecule has 3 heterocycles. The van der Waals surface area contributed by atoms with Crippen molar-refractivity contribution in [1.82, 2.24) is 9.88 Å². The molecule has 2 aromatic heterocycles. The molecule has 3 nitrogen and oxygen atoms in total. The standard InChI is InChI=1S/C15H11ClN2OS2/c16-14-6-10-7-18(4-3-12(10)21-14)15(19)9-1-2-11-13(5-9)20-8-17-11/h1-2,5-6,8H,3-4,7H2. The molecular weight excluding hydrogens is 324 g/mol. The number of carbonyl (C=O) groups is 1. The van der Waals surface area contributed by atoms with Crippen LogP contribution in [0.3, 0.4) is 0 Å². The Labute approximate surface area is 134 Å². The van der Waals surface area contributed by atoms with Crippen molar-refractivity contribution in [2.24, 2.45) is 0 Å². The minimum Gasteiger partial charge on any atom is -0.334 e. The lowest BCUT2D eigenvalue weighted by atomic mass is 10.1. The number of amides is 1. The summed E-state index contributed by atoms with van der Waals surface area (Å²) in [6, 6.07) is 7.69. The molecule has 1 aromatic carbocycles. The van der Waals surface area contributed by atoms with E-state index in [0.717, 1.165) is 33.1 Å². The quantitative estimate of drug-likeness (QED) is 0.668. The van der Waals surface area contributed by atoms with E-state index in [0.29, 0.717) is 6.54 Å². The highest BCUT2D eigenvalue weighted by molar-refractivity contribution is 7.16. The number of benzene rings is 1. The zero-order chi connectivity index (χ0) is 14.4. The Balaban J connectivity index is 1.62. The van der Waals surface area contributed by atoms with E-state index in [4.69, 9.17) is 11.6 Å². The predicted octanol–water partition coefficient (Wildman–Crippen LogP) is 4.21. The number of hydrogen-bond donors (Lipinski definition) is 0. The second kappa shape index (κ2) is 5.09. The second-order valence-electron chi connectivity index (χ2n) is 5.01. The zero-order valence-electron chi connectivity index (χ0n) is 11.0. The number of hydrogen-bond acceptors (Lipinski definition) is 4. The van der Waals surface area contributed by atoms with E-state index in [1.54, 1.807) is 28.2 Å². The molecule has 1 amide bonds. The molecule has 0 fully saturated rings. The lowest BCUT2D eigenvalue weighted by Gasteiger charge is -2.27. The molecule has 1 aliphatic heterocycles. The Hall–Kier alpha value is -1.43. The van der Waals surface area contributed by atoms with Gasteiger partial charge < -0.3 is 4.90 Å². The van der Waals surface area contributed by atoms with Crippen molar-refractivity contribution in [3.63, 3.8) is 0 Å². The molecule has 0 radical (unpaired) electrons. The smallest absolute Gasteiger partial charge is 0.254 e. The summed E-state index contributed by atoms with van der Waals surface area (Å²) in [6.07, 6.45) is 0.890. The van der Waals surface area contributed by atoms with E-state index in [1.807, 2.05) is 29.2 Å². The number of rotatable bonds is 1. The van der Waals surface area contributed by atoms with Gasteiger partial charge in [-0.25, -0.2) is 4.98 Å². The fourth-order valence-electron chi connectivity index (χ4n) is 2.64. The third-order valence-corrected chi connectivity index (χ3v) is 5.86. The third-order valence-electron chi connectivity index (χ3n) is 3.70. The van der Waals surface area contributed by atoms with Crippen molar-refractivity contribution >= 4 is 50.4 Å². The van der Waals surface area contributed by atoms with E-state index in [-0.39, 0.29) is 5.91 Å². The van der Waals surface area contributed by atoms with Gasteiger partial charge in [0.15, 0.2) is 0 Å². The molecule has 0 saturated heterocycles. The number of carbonyl (C=O) groups excluding carboxylic acids is 1. The minimum atomic E-state index is 0.0817. The van der Waals surface area contributed by atoms with Crippen molar-refractivity contribution in [1.29, 1.82) is 0 Å². The van der Waals surface area contributed by atoms with E-state index < -0.39 is 0 Å². The van der Waals surface area contributed by atoms with Gasteiger partial charge >= 0.3 is 0 Å². The van der Waals surface area contributed by atoms with Gasteiger partial charge in [0.2, 0.25) is 0 Å². The topological polar surface area (TPSA) is 33.2 Å². The van der Waals surface area contributed by atoms with Crippen LogP contribution in [0.1, 0.15) is 20.8 Å². The fraction of sp³-hybridized carbons (Fsp3) is 0.200. The summed E-state index contributed by atoms with van der Waals surface area (Å²) in [5.41, 5.74) is 4.67. The van der Waals surface area contributed by atoms with E-state index >= 15 is 0 Å². The summed E-state index contributed by atoms with van der Waals surface area (Å²) in [6.45, 7) is 1.40. The molecule has 3 aromatic rings. The highest BCUT2D eigenvalue weighted by atomic mass is 35.5. The van der Waals surface area contributed by atoms with Crippen LogP contribution < -0.4 is 0 Å². The third kappa shape index (κ3) is 2.35. The molecule has 0 spiro atoms. The number of aromatic nitrogens is 1. The average Bonchev–Trinajstić information content (AvgIpc) is 3.09. The normalized spacial score (nSPS) is 14.4. The molecule has 0 N–H and O–H groups in total. The number of thiophene rings is 1. The molecular formula is C15H11ClN2OS2. The van der Waals surface area contributed by atoms with Gasteiger partial charge in [0.05, 0.1) is 20.1 Å². The van der Waals surface area contributed by atoms with Crippen LogP contribution in [0, 0.1) is 0 Å². The van der Waals surface area contributed by atoms with Crippen molar-refractivity contribution in [2.45, 2.75) is 13.0 Å². The van der Waals surface area contributed by atoms with Crippen LogP contribution in [0.4, 0.5) is 0 Å². The maximum atomic E-state index is 12.7. The molecule has 6 heteroatoms. The van der Waals surface area contributed by atoms with E-state index in [1.165, 1.54) is 10.4 Å². The largest absolute Gasteiger partial charge is 0.334 e. The van der Waals surface area contributed by atoms with Gasteiger partial charge in [0, 0.05) is 23.5 Å². The summed E-state index contributed by atoms with van der Waals surface area (Å²) < 4.78 is 1.86. The van der Waals surface area contributed by atoms with Crippen LogP contribution in [-0.4, -0.2) is 22.3 Å². The molecule has 1 aliphatic rings. The van der Waals surface area contributed by atoms with E-state index in [2.05, 4.69) is 4.98 Å². The molecule has 0 aliphatic carbocycles. The molecule has 0 atom stereocenters. The van der Waals surface area contributed by atoms with Crippen LogP contribution in [0.25, 0.3) is 10.2 Å². The zero-order valence-corrected chi connectivity index (χ0v) is 13.4. The first kappa shape index (κ1) is 13.2. The van der Waals surface area contributed by atoms with Crippen molar-refractivity contribution in [3.05, 3.63) is 50.1 Å². The highest BCUT2D eigenvalue weighted by Gasteiger charge is 2.23. The fourth-order valence-corrected chi connectivity index (χ4v) is 4.65. The van der Waals surface area contributed by atoms with Crippen LogP contribution in [0.5, 0.6) is 0 Å². The summed E-state index contributed by atoms with van der Waals surface area (Å²) in [5.74, 6) is 0.0817. The first-order valence-electron chi connectivity index (χ1n) is 6.60. The molecule has 0 saturated carbocycles. The monoisotopic (exact) mass is 334 g/mol. The second-order valence-corrected chi connectivity index (χ2v) is 7.66. The van der Waals surface area contributed by atoms with Crippen LogP contribution in [0.15, 0.2) is 29.8 Å². The van der Waals surface area contributed by atoms with Gasteiger partial charge in [-0.05, 0) is 36.2 Å². The van der Waals surface area contributed by atoms with Crippen LogP contribution >= 0.6 is 34.3 Å². The van der Waals surface area contributed by atoms with Gasteiger partial charge in [0.1, 0.15) is 0 Å². The Bertz CT molecular complexity index is 839. The highest BCUT2D eigenvalue weighted by Crippen LogP contribution is 2.31. The lowest BCUT2D eigenvalue weighted by molar-refractivity contribution is 0.0736. The molecule has 106 valence electrons. The molecule has 0 unspecified atom stereocenters. The summed E-state index contributed by atoms with van der Waals surface area (Å²) in [7, 11) is 0. The minimum absolute atomic E-state index is 0.0817. The van der Waals surface area contributed by atoms with E-state index in [9.17, 15) is 4.79 Å². The number of nitrogens with zero attached hydrogens (tertiary/aromatic N) is 2. The predicted molar refractivity (Wildman–Crippen MR) is 87.4 cm³/mol. The Morgan fingerprint density at radius 2 is 2.24 bits per heavy atom. The Morgan fingerprint density at radius 1 is 1.33 bits per heavy atom. The van der Waals surface area contributed by atoms with Gasteiger partial charge in [-0.15, -0.1) is 22.7 Å². The molecule has 0 bridgehead atoms. The summed E-state index contributed by atoms with van der Waals surface area (Å²) >= 11 is 9.24. The maximum Gasteiger partial charge on any atom is 0.254 e. The van der Waals surface area contributed by atoms with Gasteiger partial charge in [-0.3, -0.25) is 4.79 Å². The van der Waals surface area contributed by atoms with Crippen molar-refractivity contribution < 1.29 is 4.79 Å². The SMILES string of the molecule is O=C(c1ccc2ncsc2c1)N1CCc2sc(Cl)cc2C1. The Morgan fingerprint density at radius 3 is 3.14 bits per heavy atom. The first-order valence-corrected chi connectivity index (χ1v) is 8.68. The number of fused-ring (bicyclic) bond motifs is 2. The van der Waals surface area contributed by atoms with Gasteiger partial charge in [0.25, 0.3) is 5.91 Å². The lowest BCUT2D eigenvalue weighted by Crippen LogP contribution is -2.35. The summed E-state index contributed by atoms with van der Waals surface area (Å²) in [5, 5.41) is 0. The van der Waals surface area contributed by atoms with Crippen molar-refractivity contribution in [2.75, 3.05) is 6.54 Å². The molecule has 21 heavy (non-hydrogen) atoms. The number of thiazole rings is 1. The van der Waals surface area contributed by atoms with Gasteiger partial charge in [-0.1, -0.05) is 11.6 Å². The summed E-state index contributed by atoms with van der Waals surface area (Å²) in [4.78, 5) is 20.1. The molecule has 4 rings (SSSR count). The van der Waals surface area contributed by atoms with Crippen molar-refractivity contribution in [3.8, 4) is 0 Å².